The monoisotopic (exact) mass is 264 g/mol. The standard InChI is InChI=1S/C14H16O3S/c1-9-8-10(4-5-11(9)16-2)13(15)14-12(17-3)6-7-18-14/h4-8,13,15H,1-3H3. The molecule has 4 heteroatoms. The first-order valence-corrected chi connectivity index (χ1v) is 6.49. The number of benzene rings is 1. The van der Waals surface area contributed by atoms with E-state index in [9.17, 15) is 5.11 Å². The molecule has 0 bridgehead atoms. The summed E-state index contributed by atoms with van der Waals surface area (Å²) in [6, 6.07) is 7.53. The average molecular weight is 264 g/mol. The molecule has 1 N–H and O–H groups in total. The zero-order valence-corrected chi connectivity index (χ0v) is 11.5. The lowest BCUT2D eigenvalue weighted by molar-refractivity contribution is 0.219. The van der Waals surface area contributed by atoms with Crippen molar-refractivity contribution >= 4 is 11.3 Å². The summed E-state index contributed by atoms with van der Waals surface area (Å²) in [4.78, 5) is 0.821. The summed E-state index contributed by atoms with van der Waals surface area (Å²) in [6.45, 7) is 1.96. The van der Waals surface area contributed by atoms with Crippen molar-refractivity contribution in [2.45, 2.75) is 13.0 Å². The molecular formula is C14H16O3S. The molecule has 0 spiro atoms. The number of methoxy groups -OCH3 is 2. The number of hydrogen-bond acceptors (Lipinski definition) is 4. The van der Waals surface area contributed by atoms with E-state index in [4.69, 9.17) is 9.47 Å². The van der Waals surface area contributed by atoms with Gasteiger partial charge in [-0.15, -0.1) is 11.3 Å². The maximum atomic E-state index is 10.4. The van der Waals surface area contributed by atoms with Gasteiger partial charge in [0.1, 0.15) is 17.6 Å². The highest BCUT2D eigenvalue weighted by molar-refractivity contribution is 7.10. The average Bonchev–Trinajstić information content (AvgIpc) is 2.86. The minimum absolute atomic E-state index is 0.662. The molecule has 0 radical (unpaired) electrons. The Labute approximate surface area is 111 Å². The molecule has 1 heterocycles. The number of ether oxygens (including phenoxy) is 2. The predicted octanol–water partition coefficient (Wildman–Crippen LogP) is 3.16. The molecule has 1 atom stereocenters. The molecule has 0 aliphatic carbocycles. The highest BCUT2D eigenvalue weighted by atomic mass is 32.1. The lowest BCUT2D eigenvalue weighted by Gasteiger charge is -2.13. The molecular weight excluding hydrogens is 248 g/mol. The zero-order chi connectivity index (χ0) is 13.1. The molecule has 3 nitrogen and oxygen atoms in total. The van der Waals surface area contributed by atoms with Crippen molar-refractivity contribution in [1.29, 1.82) is 0 Å². The first-order chi connectivity index (χ1) is 8.67. The number of hydrogen-bond donors (Lipinski definition) is 1. The van der Waals surface area contributed by atoms with Gasteiger partial charge in [0.05, 0.1) is 19.1 Å². The van der Waals surface area contributed by atoms with Gasteiger partial charge in [-0.1, -0.05) is 6.07 Å². The van der Waals surface area contributed by atoms with E-state index < -0.39 is 6.10 Å². The third kappa shape index (κ3) is 2.35. The van der Waals surface area contributed by atoms with Crippen molar-refractivity contribution in [1.82, 2.24) is 0 Å². The largest absolute Gasteiger partial charge is 0.496 e. The molecule has 1 unspecified atom stereocenters. The van der Waals surface area contributed by atoms with E-state index in [0.717, 1.165) is 27.5 Å². The van der Waals surface area contributed by atoms with Crippen LogP contribution in [0.2, 0.25) is 0 Å². The molecule has 0 amide bonds. The molecule has 1 aromatic heterocycles. The molecule has 2 rings (SSSR count). The van der Waals surface area contributed by atoms with Crippen LogP contribution in [-0.4, -0.2) is 19.3 Å². The van der Waals surface area contributed by atoms with Gasteiger partial charge in [-0.3, -0.25) is 0 Å². The van der Waals surface area contributed by atoms with E-state index in [2.05, 4.69) is 0 Å². The topological polar surface area (TPSA) is 38.7 Å². The van der Waals surface area contributed by atoms with E-state index >= 15 is 0 Å². The Morgan fingerprint density at radius 1 is 1.11 bits per heavy atom. The zero-order valence-electron chi connectivity index (χ0n) is 10.6. The molecule has 18 heavy (non-hydrogen) atoms. The summed E-state index contributed by atoms with van der Waals surface area (Å²) in [5.41, 5.74) is 1.85. The Hall–Kier alpha value is -1.52. The van der Waals surface area contributed by atoms with E-state index in [0.29, 0.717) is 0 Å². The number of aryl methyl sites for hydroxylation is 1. The van der Waals surface area contributed by atoms with Crippen LogP contribution in [0.15, 0.2) is 29.6 Å². The molecule has 0 saturated carbocycles. The summed E-state index contributed by atoms with van der Waals surface area (Å²) in [5.74, 6) is 1.55. The minimum Gasteiger partial charge on any atom is -0.496 e. The smallest absolute Gasteiger partial charge is 0.135 e. The van der Waals surface area contributed by atoms with E-state index in [1.165, 1.54) is 11.3 Å². The third-order valence-electron chi connectivity index (χ3n) is 2.86. The van der Waals surface area contributed by atoms with Crippen molar-refractivity contribution in [3.05, 3.63) is 45.6 Å². The van der Waals surface area contributed by atoms with Crippen molar-refractivity contribution in [2.24, 2.45) is 0 Å². The summed E-state index contributed by atoms with van der Waals surface area (Å²) in [5, 5.41) is 12.3. The van der Waals surface area contributed by atoms with Crippen molar-refractivity contribution < 1.29 is 14.6 Å². The first kappa shape index (κ1) is 12.9. The summed E-state index contributed by atoms with van der Waals surface area (Å²) < 4.78 is 10.4. The van der Waals surface area contributed by atoms with Gasteiger partial charge in [-0.2, -0.15) is 0 Å². The Morgan fingerprint density at radius 2 is 1.83 bits per heavy atom. The van der Waals surface area contributed by atoms with E-state index in [-0.39, 0.29) is 0 Å². The number of thiophene rings is 1. The quantitative estimate of drug-likeness (QED) is 0.922. The van der Waals surface area contributed by atoms with Crippen LogP contribution in [0.4, 0.5) is 0 Å². The molecule has 1 aromatic carbocycles. The van der Waals surface area contributed by atoms with Crippen molar-refractivity contribution in [3.8, 4) is 11.5 Å². The van der Waals surface area contributed by atoms with Gasteiger partial charge in [0, 0.05) is 0 Å². The van der Waals surface area contributed by atoms with Crippen LogP contribution < -0.4 is 9.47 Å². The Morgan fingerprint density at radius 3 is 2.44 bits per heavy atom. The lowest BCUT2D eigenvalue weighted by atomic mass is 10.0. The second-order valence-electron chi connectivity index (χ2n) is 3.98. The second kappa shape index (κ2) is 5.42. The van der Waals surface area contributed by atoms with Gasteiger partial charge < -0.3 is 14.6 Å². The van der Waals surface area contributed by atoms with Crippen LogP contribution >= 0.6 is 11.3 Å². The van der Waals surface area contributed by atoms with Crippen molar-refractivity contribution in [2.75, 3.05) is 14.2 Å². The fourth-order valence-electron chi connectivity index (χ4n) is 1.90. The summed E-state index contributed by atoms with van der Waals surface area (Å²) in [6.07, 6.45) is -0.662. The van der Waals surface area contributed by atoms with Crippen LogP contribution in [0.1, 0.15) is 22.1 Å². The van der Waals surface area contributed by atoms with E-state index in [1.807, 2.05) is 36.6 Å². The Kier molecular flexibility index (Phi) is 3.89. The highest BCUT2D eigenvalue weighted by Gasteiger charge is 2.17. The maximum Gasteiger partial charge on any atom is 0.135 e. The molecule has 0 fully saturated rings. The fourth-order valence-corrected chi connectivity index (χ4v) is 2.77. The molecule has 0 aliphatic heterocycles. The van der Waals surface area contributed by atoms with Crippen molar-refractivity contribution in [3.63, 3.8) is 0 Å². The summed E-state index contributed by atoms with van der Waals surface area (Å²) >= 11 is 1.49. The fraction of sp³-hybridized carbons (Fsp3) is 0.286. The van der Waals surface area contributed by atoms with E-state index in [1.54, 1.807) is 14.2 Å². The molecule has 2 aromatic rings. The van der Waals surface area contributed by atoms with Gasteiger partial charge in [0.15, 0.2) is 0 Å². The number of rotatable bonds is 4. The van der Waals surface area contributed by atoms with Crippen LogP contribution in [-0.2, 0) is 0 Å². The first-order valence-electron chi connectivity index (χ1n) is 5.61. The predicted molar refractivity (Wildman–Crippen MR) is 72.7 cm³/mol. The SMILES string of the molecule is COc1ccc(C(O)c2sccc2OC)cc1C. The Bertz CT molecular complexity index is 534. The van der Waals surface area contributed by atoms with Crippen LogP contribution in [0.3, 0.4) is 0 Å². The Balaban J connectivity index is 2.34. The maximum absolute atomic E-state index is 10.4. The normalized spacial score (nSPS) is 12.2. The minimum atomic E-state index is -0.662. The number of aliphatic hydroxyl groups excluding tert-OH is 1. The number of aliphatic hydroxyl groups is 1. The second-order valence-corrected chi connectivity index (χ2v) is 4.93. The van der Waals surface area contributed by atoms with Gasteiger partial charge in [-0.25, -0.2) is 0 Å². The van der Waals surface area contributed by atoms with Gasteiger partial charge >= 0.3 is 0 Å². The van der Waals surface area contributed by atoms with Crippen LogP contribution in [0, 0.1) is 6.92 Å². The van der Waals surface area contributed by atoms with Gasteiger partial charge in [-0.05, 0) is 41.6 Å². The lowest BCUT2D eigenvalue weighted by Crippen LogP contribution is -2.00. The molecule has 96 valence electrons. The van der Waals surface area contributed by atoms with Crippen LogP contribution in [0.25, 0.3) is 0 Å². The van der Waals surface area contributed by atoms with Gasteiger partial charge in [0.25, 0.3) is 0 Å². The molecule has 0 saturated heterocycles. The van der Waals surface area contributed by atoms with Crippen LogP contribution in [0.5, 0.6) is 11.5 Å². The summed E-state index contributed by atoms with van der Waals surface area (Å²) in [7, 11) is 3.25. The highest BCUT2D eigenvalue weighted by Crippen LogP contribution is 2.35. The van der Waals surface area contributed by atoms with Gasteiger partial charge in [0.2, 0.25) is 0 Å². The molecule has 0 aliphatic rings. The third-order valence-corrected chi connectivity index (χ3v) is 3.81.